The summed E-state index contributed by atoms with van der Waals surface area (Å²) in [6.07, 6.45) is 2.36. The van der Waals surface area contributed by atoms with Gasteiger partial charge < -0.3 is 5.32 Å². The topological polar surface area (TPSA) is 73.3 Å². The molecular formula is C12H16ClN3O2S2. The monoisotopic (exact) mass is 333 g/mol. The molecular weight excluding hydrogens is 318 g/mol. The fourth-order valence-electron chi connectivity index (χ4n) is 2.43. The Balaban J connectivity index is 2.01. The van der Waals surface area contributed by atoms with Crippen LogP contribution < -0.4 is 5.32 Å². The zero-order valence-corrected chi connectivity index (χ0v) is 13.6. The quantitative estimate of drug-likeness (QED) is 0.872. The molecule has 0 radical (unpaired) electrons. The van der Waals surface area contributed by atoms with E-state index < -0.39 is 15.6 Å². The summed E-state index contributed by atoms with van der Waals surface area (Å²) in [7, 11) is -2.10. The second-order valence-corrected chi connectivity index (χ2v) is 9.12. The molecule has 2 N–H and O–H groups in total. The molecule has 1 aliphatic carbocycles. The largest absolute Gasteiger partial charge is 0.344 e. The Hall–Kier alpha value is -0.790. The van der Waals surface area contributed by atoms with Gasteiger partial charge in [0.25, 0.3) is 0 Å². The Morgan fingerprint density at radius 3 is 2.75 bits per heavy atom. The van der Waals surface area contributed by atoms with Crippen molar-refractivity contribution in [3.63, 3.8) is 0 Å². The third-order valence-corrected chi connectivity index (χ3v) is 7.72. The van der Waals surface area contributed by atoms with E-state index in [0.29, 0.717) is 10.9 Å². The molecule has 2 fully saturated rings. The first kappa shape index (κ1) is 14.2. The van der Waals surface area contributed by atoms with Gasteiger partial charge in [-0.3, -0.25) is 5.41 Å². The van der Waals surface area contributed by atoms with E-state index >= 15 is 0 Å². The first-order valence-corrected chi connectivity index (χ1v) is 9.16. The molecule has 1 aromatic rings. The molecule has 0 unspecified atom stereocenters. The summed E-state index contributed by atoms with van der Waals surface area (Å²) in [5, 5.41) is 11.4. The molecule has 0 spiro atoms. The molecule has 3 rings (SSSR count). The van der Waals surface area contributed by atoms with Gasteiger partial charge in [-0.15, -0.1) is 11.3 Å². The molecule has 1 aliphatic heterocycles. The molecule has 1 atom stereocenters. The Morgan fingerprint density at radius 1 is 1.55 bits per heavy atom. The highest BCUT2D eigenvalue weighted by Gasteiger charge is 2.44. The van der Waals surface area contributed by atoms with Gasteiger partial charge in [-0.05, 0) is 31.7 Å². The minimum Gasteiger partial charge on any atom is -0.344 e. The number of hydrogen-bond donors (Lipinski definition) is 2. The maximum Gasteiger partial charge on any atom is 0.239 e. The van der Waals surface area contributed by atoms with Gasteiger partial charge in [0, 0.05) is 16.8 Å². The number of nitrogens with zero attached hydrogens (tertiary/aromatic N) is 1. The van der Waals surface area contributed by atoms with Crippen molar-refractivity contribution in [2.75, 3.05) is 12.8 Å². The van der Waals surface area contributed by atoms with Crippen LogP contribution in [0.4, 0.5) is 0 Å². The fraction of sp³-hybridized carbons (Fsp3) is 0.583. The Morgan fingerprint density at radius 2 is 2.20 bits per heavy atom. The molecule has 0 aromatic carbocycles. The average molecular weight is 334 g/mol. The summed E-state index contributed by atoms with van der Waals surface area (Å²) >= 11 is 7.87. The summed E-state index contributed by atoms with van der Waals surface area (Å²) in [6.45, 7) is 1.79. The van der Waals surface area contributed by atoms with Gasteiger partial charge in [0.2, 0.25) is 16.0 Å². The molecule has 1 aromatic heterocycles. The number of rotatable bonds is 2. The summed E-state index contributed by atoms with van der Waals surface area (Å²) in [6, 6.07) is 1.95. The summed E-state index contributed by atoms with van der Waals surface area (Å²) in [5.41, 5.74) is -0.836. The zero-order chi connectivity index (χ0) is 14.7. The highest BCUT2D eigenvalue weighted by Crippen LogP contribution is 2.48. The van der Waals surface area contributed by atoms with E-state index in [9.17, 15) is 8.42 Å². The van der Waals surface area contributed by atoms with Crippen molar-refractivity contribution in [3.8, 4) is 0 Å². The first-order valence-electron chi connectivity index (χ1n) is 6.36. The molecule has 2 aliphatic rings. The van der Waals surface area contributed by atoms with E-state index in [1.807, 2.05) is 6.07 Å². The van der Waals surface area contributed by atoms with Gasteiger partial charge >= 0.3 is 0 Å². The van der Waals surface area contributed by atoms with E-state index in [1.54, 1.807) is 18.3 Å². The molecule has 1 saturated carbocycles. The lowest BCUT2D eigenvalue weighted by Crippen LogP contribution is -2.60. The number of guanidine groups is 1. The standard InChI is InChI=1S/C12H16ClN3O2S2/c1-12(6-20(17,18)16(2)11(14)15-12)10-8(13)5-9(19-10)7-3-4-7/h5,7H,3-4,6H2,1-2H3,(H2,14,15)/t12-/m0/s1. The lowest BCUT2D eigenvalue weighted by atomic mass is 10.0. The molecule has 110 valence electrons. The molecule has 1 saturated heterocycles. The fourth-order valence-corrected chi connectivity index (χ4v) is 5.81. The van der Waals surface area contributed by atoms with Crippen LogP contribution in [0.2, 0.25) is 5.02 Å². The first-order chi connectivity index (χ1) is 9.23. The number of halogens is 1. The maximum absolute atomic E-state index is 12.2. The van der Waals surface area contributed by atoms with E-state index in [-0.39, 0.29) is 11.7 Å². The van der Waals surface area contributed by atoms with Crippen molar-refractivity contribution in [2.24, 2.45) is 0 Å². The van der Waals surface area contributed by atoms with E-state index in [0.717, 1.165) is 9.18 Å². The second kappa shape index (κ2) is 4.35. The molecule has 0 amide bonds. The SMILES string of the molecule is CN1C(=N)N[C@](C)(c2sc(C3CC3)cc2Cl)CS1(=O)=O. The van der Waals surface area contributed by atoms with Crippen LogP contribution in [0, 0.1) is 5.41 Å². The second-order valence-electron chi connectivity index (χ2n) is 5.63. The van der Waals surface area contributed by atoms with Crippen molar-refractivity contribution >= 4 is 38.9 Å². The molecule has 5 nitrogen and oxygen atoms in total. The van der Waals surface area contributed by atoms with Crippen molar-refractivity contribution in [2.45, 2.75) is 31.2 Å². The molecule has 20 heavy (non-hydrogen) atoms. The van der Waals surface area contributed by atoms with E-state index in [4.69, 9.17) is 17.0 Å². The van der Waals surface area contributed by atoms with Crippen molar-refractivity contribution < 1.29 is 8.42 Å². The van der Waals surface area contributed by atoms with Gasteiger partial charge in [-0.1, -0.05) is 11.6 Å². The van der Waals surface area contributed by atoms with Gasteiger partial charge in [0.15, 0.2) is 0 Å². The lowest BCUT2D eigenvalue weighted by molar-refractivity contribution is 0.424. The van der Waals surface area contributed by atoms with Crippen LogP contribution in [0.1, 0.15) is 35.4 Å². The average Bonchev–Trinajstić information content (AvgIpc) is 3.09. The van der Waals surface area contributed by atoms with Crippen LogP contribution >= 0.6 is 22.9 Å². The lowest BCUT2D eigenvalue weighted by Gasteiger charge is -2.39. The maximum atomic E-state index is 12.2. The number of hydrogen-bond acceptors (Lipinski definition) is 4. The Bertz CT molecular complexity index is 681. The predicted octanol–water partition coefficient (Wildman–Crippen LogP) is 2.29. The zero-order valence-electron chi connectivity index (χ0n) is 11.2. The van der Waals surface area contributed by atoms with E-state index in [2.05, 4.69) is 5.32 Å². The molecule has 8 heteroatoms. The van der Waals surface area contributed by atoms with Crippen LogP contribution in [0.25, 0.3) is 0 Å². The van der Waals surface area contributed by atoms with Crippen molar-refractivity contribution in [1.82, 2.24) is 9.62 Å². The van der Waals surface area contributed by atoms with Gasteiger partial charge in [-0.25, -0.2) is 12.7 Å². The number of nitrogens with one attached hydrogen (secondary N) is 2. The Labute approximate surface area is 127 Å². The number of thiophene rings is 1. The van der Waals surface area contributed by atoms with Gasteiger partial charge in [-0.2, -0.15) is 0 Å². The minimum atomic E-state index is -3.48. The highest BCUT2D eigenvalue weighted by atomic mass is 35.5. The van der Waals surface area contributed by atoms with Crippen LogP contribution in [-0.2, 0) is 15.6 Å². The predicted molar refractivity (Wildman–Crippen MR) is 81.1 cm³/mol. The van der Waals surface area contributed by atoms with Crippen LogP contribution in [0.5, 0.6) is 0 Å². The van der Waals surface area contributed by atoms with Crippen LogP contribution in [0.15, 0.2) is 6.07 Å². The van der Waals surface area contributed by atoms with Crippen molar-refractivity contribution in [1.29, 1.82) is 5.41 Å². The number of sulfonamides is 1. The summed E-state index contributed by atoms with van der Waals surface area (Å²) in [5.74, 6) is 0.372. The van der Waals surface area contributed by atoms with Gasteiger partial charge in [0.1, 0.15) is 0 Å². The Kier molecular flexibility index (Phi) is 3.08. The van der Waals surface area contributed by atoms with E-state index in [1.165, 1.54) is 24.8 Å². The summed E-state index contributed by atoms with van der Waals surface area (Å²) in [4.78, 5) is 2.03. The molecule has 2 heterocycles. The normalized spacial score (nSPS) is 29.4. The minimum absolute atomic E-state index is 0.0940. The molecule has 0 bridgehead atoms. The highest BCUT2D eigenvalue weighted by molar-refractivity contribution is 7.89. The van der Waals surface area contributed by atoms with Crippen LogP contribution in [-0.4, -0.2) is 31.5 Å². The van der Waals surface area contributed by atoms with Gasteiger partial charge in [0.05, 0.1) is 16.3 Å². The third-order valence-electron chi connectivity index (χ3n) is 3.78. The third kappa shape index (κ3) is 2.21. The summed E-state index contributed by atoms with van der Waals surface area (Å²) < 4.78 is 25.3. The van der Waals surface area contributed by atoms with Crippen LogP contribution in [0.3, 0.4) is 0 Å². The smallest absolute Gasteiger partial charge is 0.239 e. The van der Waals surface area contributed by atoms with Crippen molar-refractivity contribution in [3.05, 3.63) is 20.8 Å².